The Balaban J connectivity index is 2.36. The number of hydrogen-bond acceptors (Lipinski definition) is 4. The number of para-hydroxylation sites is 1. The van der Waals surface area contributed by atoms with Crippen molar-refractivity contribution in [2.45, 2.75) is 25.3 Å². The predicted molar refractivity (Wildman–Crippen MR) is 64.5 cm³/mol. The van der Waals surface area contributed by atoms with Gasteiger partial charge in [0.25, 0.3) is 0 Å². The third-order valence-electron chi connectivity index (χ3n) is 2.31. The topological polar surface area (TPSA) is 84.6 Å². The van der Waals surface area contributed by atoms with Crippen LogP contribution in [0, 0.1) is 0 Å². The van der Waals surface area contributed by atoms with Gasteiger partial charge in [0.2, 0.25) is 0 Å². The van der Waals surface area contributed by atoms with E-state index in [1.807, 2.05) is 18.2 Å². The molecular formula is C12H18N2O3. The molecule has 0 radical (unpaired) electrons. The van der Waals surface area contributed by atoms with E-state index in [-0.39, 0.29) is 0 Å². The van der Waals surface area contributed by atoms with Crippen LogP contribution >= 0.6 is 0 Å². The standard InChI is InChI=1S/C12H18N2O3/c13-9-5-4-8-11(12(15)16)14-17-10-6-2-1-3-7-10/h1-3,6-7,11,14H,4-5,8-9,13H2,(H,15,16)/t11-/m0/s1. The summed E-state index contributed by atoms with van der Waals surface area (Å²) in [5.74, 6) is -0.324. The summed E-state index contributed by atoms with van der Waals surface area (Å²) in [6.07, 6.45) is 2.08. The minimum absolute atomic E-state index is 0.499. The highest BCUT2D eigenvalue weighted by Gasteiger charge is 2.17. The number of hydrogen-bond donors (Lipinski definition) is 3. The van der Waals surface area contributed by atoms with Gasteiger partial charge in [-0.05, 0) is 37.9 Å². The van der Waals surface area contributed by atoms with Crippen molar-refractivity contribution in [1.29, 1.82) is 0 Å². The molecule has 0 aromatic heterocycles. The molecule has 0 saturated heterocycles. The van der Waals surface area contributed by atoms with Crippen LogP contribution in [-0.4, -0.2) is 23.7 Å². The number of nitrogens with two attached hydrogens (primary N) is 1. The molecule has 0 spiro atoms. The molecule has 1 rings (SSSR count). The lowest BCUT2D eigenvalue weighted by molar-refractivity contribution is -0.142. The second-order valence-corrected chi connectivity index (χ2v) is 3.71. The van der Waals surface area contributed by atoms with Gasteiger partial charge in [-0.25, -0.2) is 0 Å². The molecule has 1 atom stereocenters. The molecule has 0 saturated carbocycles. The first-order valence-electron chi connectivity index (χ1n) is 5.64. The highest BCUT2D eigenvalue weighted by molar-refractivity contribution is 5.73. The van der Waals surface area contributed by atoms with Crippen LogP contribution in [0.4, 0.5) is 0 Å². The number of rotatable bonds is 8. The Labute approximate surface area is 101 Å². The number of unbranched alkanes of at least 4 members (excludes halogenated alkanes) is 1. The van der Waals surface area contributed by atoms with E-state index in [4.69, 9.17) is 15.7 Å². The molecule has 1 aromatic rings. The molecule has 0 fully saturated rings. The molecule has 5 heteroatoms. The molecule has 0 amide bonds. The lowest BCUT2D eigenvalue weighted by Gasteiger charge is -2.14. The maximum absolute atomic E-state index is 10.9. The Hall–Kier alpha value is -1.59. The SMILES string of the molecule is NCCCC[C@H](NOc1ccccc1)C(=O)O. The fourth-order valence-corrected chi connectivity index (χ4v) is 1.35. The zero-order chi connectivity index (χ0) is 12.5. The highest BCUT2D eigenvalue weighted by Crippen LogP contribution is 2.08. The Morgan fingerprint density at radius 2 is 2.06 bits per heavy atom. The summed E-state index contributed by atoms with van der Waals surface area (Å²) in [5, 5.41) is 8.98. The quantitative estimate of drug-likeness (QED) is 0.467. The van der Waals surface area contributed by atoms with Crippen LogP contribution < -0.4 is 16.1 Å². The van der Waals surface area contributed by atoms with E-state index in [1.165, 1.54) is 0 Å². The molecule has 4 N–H and O–H groups in total. The van der Waals surface area contributed by atoms with Gasteiger partial charge in [0.1, 0.15) is 11.8 Å². The maximum Gasteiger partial charge on any atom is 0.324 e. The van der Waals surface area contributed by atoms with Crippen LogP contribution in [0.5, 0.6) is 5.75 Å². The average molecular weight is 238 g/mol. The highest BCUT2D eigenvalue weighted by atomic mass is 16.6. The predicted octanol–water partition coefficient (Wildman–Crippen LogP) is 1.15. The van der Waals surface area contributed by atoms with Crippen molar-refractivity contribution >= 4 is 5.97 Å². The summed E-state index contributed by atoms with van der Waals surface area (Å²) in [6, 6.07) is 8.31. The monoisotopic (exact) mass is 238 g/mol. The van der Waals surface area contributed by atoms with Gasteiger partial charge in [-0.15, -0.1) is 5.48 Å². The van der Waals surface area contributed by atoms with E-state index in [0.717, 1.165) is 12.8 Å². The summed E-state index contributed by atoms with van der Waals surface area (Å²) in [4.78, 5) is 16.1. The van der Waals surface area contributed by atoms with Gasteiger partial charge in [-0.2, -0.15) is 0 Å². The van der Waals surface area contributed by atoms with E-state index in [1.54, 1.807) is 12.1 Å². The molecule has 0 unspecified atom stereocenters. The Kier molecular flexibility index (Phi) is 6.06. The van der Waals surface area contributed by atoms with E-state index in [2.05, 4.69) is 5.48 Å². The van der Waals surface area contributed by atoms with Gasteiger partial charge in [-0.1, -0.05) is 18.2 Å². The number of carboxylic acid groups (broad SMARTS) is 1. The van der Waals surface area contributed by atoms with Crippen molar-refractivity contribution in [3.8, 4) is 5.75 Å². The van der Waals surface area contributed by atoms with Crippen LogP contribution in [0.3, 0.4) is 0 Å². The fourth-order valence-electron chi connectivity index (χ4n) is 1.35. The molecule has 17 heavy (non-hydrogen) atoms. The summed E-state index contributed by atoms with van der Waals surface area (Å²) >= 11 is 0. The molecule has 0 heterocycles. The van der Waals surface area contributed by atoms with Crippen LogP contribution in [0.15, 0.2) is 30.3 Å². The zero-order valence-corrected chi connectivity index (χ0v) is 9.63. The van der Waals surface area contributed by atoms with Gasteiger partial charge in [-0.3, -0.25) is 4.79 Å². The van der Waals surface area contributed by atoms with Gasteiger partial charge >= 0.3 is 5.97 Å². The summed E-state index contributed by atoms with van der Waals surface area (Å²) in [6.45, 7) is 0.575. The largest absolute Gasteiger partial charge is 0.480 e. The van der Waals surface area contributed by atoms with Crippen molar-refractivity contribution in [2.75, 3.05) is 6.54 Å². The van der Waals surface area contributed by atoms with Crippen molar-refractivity contribution in [1.82, 2.24) is 5.48 Å². The second-order valence-electron chi connectivity index (χ2n) is 3.71. The molecule has 1 aromatic carbocycles. The first-order chi connectivity index (χ1) is 8.24. The number of carboxylic acids is 1. The average Bonchev–Trinajstić information content (AvgIpc) is 2.34. The van der Waals surface area contributed by atoms with Crippen LogP contribution in [-0.2, 0) is 4.79 Å². The molecule has 0 aliphatic rings. The normalized spacial score (nSPS) is 12.1. The van der Waals surface area contributed by atoms with Gasteiger partial charge < -0.3 is 15.7 Å². The summed E-state index contributed by atoms with van der Waals surface area (Å²) in [7, 11) is 0. The third-order valence-corrected chi connectivity index (χ3v) is 2.31. The van der Waals surface area contributed by atoms with Crippen molar-refractivity contribution in [3.05, 3.63) is 30.3 Å². The number of benzene rings is 1. The van der Waals surface area contributed by atoms with E-state index in [9.17, 15) is 4.79 Å². The van der Waals surface area contributed by atoms with Crippen molar-refractivity contribution in [2.24, 2.45) is 5.73 Å². The Morgan fingerprint density at radius 1 is 1.35 bits per heavy atom. The molecule has 0 bridgehead atoms. The smallest absolute Gasteiger partial charge is 0.324 e. The molecule has 0 aliphatic carbocycles. The molecule has 0 aliphatic heterocycles. The molecular weight excluding hydrogens is 220 g/mol. The van der Waals surface area contributed by atoms with Gasteiger partial charge in [0.15, 0.2) is 0 Å². The Bertz CT molecular complexity index is 330. The number of nitrogens with one attached hydrogen (secondary N) is 1. The second kappa shape index (κ2) is 7.65. The number of carbonyl (C=O) groups is 1. The Morgan fingerprint density at radius 3 is 2.65 bits per heavy atom. The lowest BCUT2D eigenvalue weighted by atomic mass is 10.1. The van der Waals surface area contributed by atoms with Gasteiger partial charge in [0.05, 0.1) is 0 Å². The first-order valence-corrected chi connectivity index (χ1v) is 5.64. The maximum atomic E-state index is 10.9. The van der Waals surface area contributed by atoms with E-state index in [0.29, 0.717) is 18.7 Å². The van der Waals surface area contributed by atoms with Crippen molar-refractivity contribution in [3.63, 3.8) is 0 Å². The summed E-state index contributed by atoms with van der Waals surface area (Å²) in [5.41, 5.74) is 7.91. The molecule has 94 valence electrons. The van der Waals surface area contributed by atoms with Crippen LogP contribution in [0.2, 0.25) is 0 Å². The third kappa shape index (κ3) is 5.33. The first kappa shape index (κ1) is 13.5. The molecule has 5 nitrogen and oxygen atoms in total. The number of hydroxylamine groups is 1. The number of aliphatic carboxylic acids is 1. The minimum Gasteiger partial charge on any atom is -0.480 e. The van der Waals surface area contributed by atoms with Crippen LogP contribution in [0.25, 0.3) is 0 Å². The fraction of sp³-hybridized carbons (Fsp3) is 0.417. The van der Waals surface area contributed by atoms with Crippen molar-refractivity contribution < 1.29 is 14.7 Å². The van der Waals surface area contributed by atoms with Gasteiger partial charge in [0, 0.05) is 0 Å². The summed E-state index contributed by atoms with van der Waals surface area (Å²) < 4.78 is 0. The van der Waals surface area contributed by atoms with E-state index < -0.39 is 12.0 Å². The van der Waals surface area contributed by atoms with Crippen LogP contribution in [0.1, 0.15) is 19.3 Å². The van der Waals surface area contributed by atoms with E-state index >= 15 is 0 Å². The lowest BCUT2D eigenvalue weighted by Crippen LogP contribution is -2.38. The minimum atomic E-state index is -0.919. The zero-order valence-electron chi connectivity index (χ0n) is 9.63.